The number of nitrogens with zero attached hydrogens (tertiary/aromatic N) is 4. The lowest BCUT2D eigenvalue weighted by atomic mass is 10.2. The van der Waals surface area contributed by atoms with Crippen LogP contribution in [0, 0.1) is 6.92 Å². The molecule has 0 aliphatic heterocycles. The molecule has 0 aliphatic rings. The number of para-hydroxylation sites is 1. The van der Waals surface area contributed by atoms with Gasteiger partial charge in [-0.25, -0.2) is 9.97 Å². The number of halogens is 1. The molecule has 0 aliphatic carbocycles. The molecule has 0 atom stereocenters. The van der Waals surface area contributed by atoms with Crippen molar-refractivity contribution in [1.29, 1.82) is 0 Å². The molecule has 0 saturated carbocycles. The fourth-order valence-electron chi connectivity index (χ4n) is 3.60. The average molecular weight is 413 g/mol. The van der Waals surface area contributed by atoms with E-state index in [1.54, 1.807) is 22.8 Å². The van der Waals surface area contributed by atoms with E-state index >= 15 is 0 Å². The Hall–Kier alpha value is -3.70. The molecule has 0 bridgehead atoms. The molecule has 6 heteroatoms. The summed E-state index contributed by atoms with van der Waals surface area (Å²) in [4.78, 5) is 22.7. The molecule has 0 unspecified atom stereocenters. The van der Waals surface area contributed by atoms with E-state index < -0.39 is 0 Å². The van der Waals surface area contributed by atoms with Gasteiger partial charge in [-0.3, -0.25) is 9.36 Å². The van der Waals surface area contributed by atoms with Gasteiger partial charge >= 0.3 is 0 Å². The molecule has 0 fully saturated rings. The molecular weight excluding hydrogens is 396 g/mol. The zero-order valence-corrected chi connectivity index (χ0v) is 16.9. The molecule has 0 saturated heterocycles. The summed E-state index contributed by atoms with van der Waals surface area (Å²) in [5.41, 5.74) is 3.03. The predicted molar refractivity (Wildman–Crippen MR) is 121 cm³/mol. The van der Waals surface area contributed by atoms with Gasteiger partial charge in [-0.1, -0.05) is 29.8 Å². The second kappa shape index (κ2) is 7.28. The van der Waals surface area contributed by atoms with Crippen LogP contribution in [0.3, 0.4) is 0 Å². The molecule has 2 aromatic carbocycles. The molecule has 0 radical (unpaired) electrons. The Morgan fingerprint density at radius 3 is 2.50 bits per heavy atom. The summed E-state index contributed by atoms with van der Waals surface area (Å²) in [5.74, 6) is 1.42. The van der Waals surface area contributed by atoms with E-state index in [1.165, 1.54) is 0 Å². The van der Waals surface area contributed by atoms with Crippen molar-refractivity contribution in [2.45, 2.75) is 6.92 Å². The first kappa shape index (κ1) is 18.3. The zero-order chi connectivity index (χ0) is 20.7. The van der Waals surface area contributed by atoms with Crippen LogP contribution in [0.25, 0.3) is 34.3 Å². The highest BCUT2D eigenvalue weighted by Crippen LogP contribution is 2.19. The van der Waals surface area contributed by atoms with Crippen molar-refractivity contribution in [1.82, 2.24) is 18.9 Å². The summed E-state index contributed by atoms with van der Waals surface area (Å²) in [6.07, 6.45) is 5.70. The van der Waals surface area contributed by atoms with Crippen molar-refractivity contribution in [3.05, 3.63) is 106 Å². The molecule has 3 heterocycles. The Balaban J connectivity index is 1.73. The molecule has 0 spiro atoms. The van der Waals surface area contributed by atoms with E-state index in [0.29, 0.717) is 27.4 Å². The fraction of sp³-hybridized carbons (Fsp3) is 0.0417. The smallest absolute Gasteiger partial charge is 0.266 e. The fourth-order valence-corrected chi connectivity index (χ4v) is 3.72. The maximum Gasteiger partial charge on any atom is 0.266 e. The Kier molecular flexibility index (Phi) is 4.45. The molecule has 5 rings (SSSR count). The summed E-state index contributed by atoms with van der Waals surface area (Å²) in [6, 6.07) is 20.5. The second-order valence-corrected chi connectivity index (χ2v) is 7.37. The molecule has 0 amide bonds. The van der Waals surface area contributed by atoms with Crippen LogP contribution in [0.4, 0.5) is 0 Å². The first-order valence-corrected chi connectivity index (χ1v) is 9.89. The third-order valence-corrected chi connectivity index (χ3v) is 5.28. The Morgan fingerprint density at radius 1 is 0.900 bits per heavy atom. The first-order valence-electron chi connectivity index (χ1n) is 9.51. The second-order valence-electron chi connectivity index (χ2n) is 6.94. The van der Waals surface area contributed by atoms with Crippen molar-refractivity contribution in [2.75, 3.05) is 0 Å². The molecule has 3 aromatic heterocycles. The van der Waals surface area contributed by atoms with Crippen molar-refractivity contribution in [3.8, 4) is 5.69 Å². The third kappa shape index (κ3) is 3.09. The van der Waals surface area contributed by atoms with E-state index in [2.05, 4.69) is 4.98 Å². The minimum Gasteiger partial charge on any atom is -0.303 e. The number of pyridine rings is 1. The maximum absolute atomic E-state index is 13.3. The lowest BCUT2D eigenvalue weighted by molar-refractivity contribution is 0.944. The van der Waals surface area contributed by atoms with E-state index in [9.17, 15) is 4.79 Å². The van der Waals surface area contributed by atoms with E-state index in [1.807, 2.05) is 78.2 Å². The molecule has 0 N–H and O–H groups in total. The van der Waals surface area contributed by atoms with Gasteiger partial charge < -0.3 is 4.40 Å². The number of aromatic nitrogens is 4. The minimum atomic E-state index is -0.131. The molecule has 30 heavy (non-hydrogen) atoms. The molecule has 5 aromatic rings. The standard InChI is InChI=1S/C24H17ClN4O/c1-16-26-21(22-8-4-5-15-28(16)22)13-14-23-27-20-7-3-2-6-19(20)24(30)29(23)18-11-9-17(25)10-12-18/h2-15H,1H3/b14-13+. The minimum absolute atomic E-state index is 0.131. The van der Waals surface area contributed by atoms with Gasteiger partial charge in [0.05, 0.1) is 27.8 Å². The highest BCUT2D eigenvalue weighted by atomic mass is 35.5. The summed E-state index contributed by atoms with van der Waals surface area (Å²) in [6.45, 7) is 1.96. The summed E-state index contributed by atoms with van der Waals surface area (Å²) >= 11 is 6.05. The van der Waals surface area contributed by atoms with Crippen LogP contribution in [0.2, 0.25) is 5.02 Å². The van der Waals surface area contributed by atoms with Crippen molar-refractivity contribution >= 4 is 40.2 Å². The molecule has 146 valence electrons. The lowest BCUT2D eigenvalue weighted by Crippen LogP contribution is -2.22. The predicted octanol–water partition coefficient (Wildman–Crippen LogP) is 5.17. The normalized spacial score (nSPS) is 11.7. The van der Waals surface area contributed by atoms with Gasteiger partial charge in [0.2, 0.25) is 0 Å². The number of aryl methyl sites for hydroxylation is 1. The average Bonchev–Trinajstić information content (AvgIpc) is 3.09. The summed E-state index contributed by atoms with van der Waals surface area (Å²) in [5, 5.41) is 1.17. The van der Waals surface area contributed by atoms with Gasteiger partial charge in [0.1, 0.15) is 11.6 Å². The number of fused-ring (bicyclic) bond motifs is 2. The van der Waals surface area contributed by atoms with E-state index in [0.717, 1.165) is 17.0 Å². The Labute approximate surface area is 177 Å². The van der Waals surface area contributed by atoms with Gasteiger partial charge in [-0.15, -0.1) is 0 Å². The van der Waals surface area contributed by atoms with Crippen LogP contribution in [-0.2, 0) is 0 Å². The Morgan fingerprint density at radius 2 is 1.67 bits per heavy atom. The van der Waals surface area contributed by atoms with Gasteiger partial charge in [-0.05, 0) is 67.6 Å². The van der Waals surface area contributed by atoms with Gasteiger partial charge in [-0.2, -0.15) is 0 Å². The number of hydrogen-bond donors (Lipinski definition) is 0. The zero-order valence-electron chi connectivity index (χ0n) is 16.2. The molecular formula is C24H17ClN4O. The number of hydrogen-bond acceptors (Lipinski definition) is 3. The highest BCUT2D eigenvalue weighted by molar-refractivity contribution is 6.30. The van der Waals surface area contributed by atoms with E-state index in [-0.39, 0.29) is 5.56 Å². The number of rotatable bonds is 3. The van der Waals surface area contributed by atoms with Crippen molar-refractivity contribution in [2.24, 2.45) is 0 Å². The Bertz CT molecular complexity index is 1480. The summed E-state index contributed by atoms with van der Waals surface area (Å²) < 4.78 is 3.63. The first-order chi connectivity index (χ1) is 14.6. The van der Waals surface area contributed by atoms with Crippen LogP contribution in [0.1, 0.15) is 17.3 Å². The number of benzene rings is 2. The third-order valence-electron chi connectivity index (χ3n) is 5.03. The van der Waals surface area contributed by atoms with Crippen LogP contribution >= 0.6 is 11.6 Å². The van der Waals surface area contributed by atoms with Crippen molar-refractivity contribution in [3.63, 3.8) is 0 Å². The van der Waals surface area contributed by atoms with Gasteiger partial charge in [0.15, 0.2) is 0 Å². The SMILES string of the molecule is Cc1nc(/C=C/c2nc3ccccc3c(=O)n2-c2ccc(Cl)cc2)c2ccccn12. The van der Waals surface area contributed by atoms with Crippen LogP contribution < -0.4 is 5.56 Å². The number of imidazole rings is 1. The quantitative estimate of drug-likeness (QED) is 0.411. The van der Waals surface area contributed by atoms with Gasteiger partial charge in [0, 0.05) is 11.2 Å². The molecule has 5 nitrogen and oxygen atoms in total. The van der Waals surface area contributed by atoms with Crippen LogP contribution in [0.5, 0.6) is 0 Å². The monoisotopic (exact) mass is 412 g/mol. The van der Waals surface area contributed by atoms with Crippen LogP contribution in [-0.4, -0.2) is 18.9 Å². The summed E-state index contributed by atoms with van der Waals surface area (Å²) in [7, 11) is 0. The van der Waals surface area contributed by atoms with E-state index in [4.69, 9.17) is 16.6 Å². The largest absolute Gasteiger partial charge is 0.303 e. The van der Waals surface area contributed by atoms with Crippen molar-refractivity contribution < 1.29 is 0 Å². The lowest BCUT2D eigenvalue weighted by Gasteiger charge is -2.11. The van der Waals surface area contributed by atoms with Crippen LogP contribution in [0.15, 0.2) is 77.7 Å². The van der Waals surface area contributed by atoms with Gasteiger partial charge in [0.25, 0.3) is 5.56 Å². The topological polar surface area (TPSA) is 52.2 Å². The maximum atomic E-state index is 13.3. The highest BCUT2D eigenvalue weighted by Gasteiger charge is 2.12.